The normalized spacial score (nSPS) is 33.9. The smallest absolute Gasteiger partial charge is 0.287 e. The van der Waals surface area contributed by atoms with Gasteiger partial charge in [-0.05, 0) is 255 Å². The molecule has 2 bridgehead atoms. The van der Waals surface area contributed by atoms with Gasteiger partial charge < -0.3 is 4.90 Å². The third-order valence-electron chi connectivity index (χ3n) is 23.0. The average Bonchev–Trinajstić information content (AvgIpc) is 4.16. The molecule has 5 aromatic carbocycles. The highest BCUT2D eigenvalue weighted by Crippen LogP contribution is 2.81. The number of rotatable bonds is 9. The summed E-state index contributed by atoms with van der Waals surface area (Å²) in [6, 6.07) is 22.2. The van der Waals surface area contributed by atoms with Crippen LogP contribution in [0.2, 0.25) is 0 Å². The van der Waals surface area contributed by atoms with E-state index >= 15 is 0 Å². The molecule has 5 aromatic rings. The van der Waals surface area contributed by atoms with Crippen LogP contribution in [-0.2, 0) is 26.8 Å². The number of benzene rings is 5. The molecule has 1 fully saturated rings. The Morgan fingerprint density at radius 2 is 1.03 bits per heavy atom. The topological polar surface area (TPSA) is 112 Å². The Kier molecular flexibility index (Phi) is 7.91. The fourth-order valence-corrected chi connectivity index (χ4v) is 21.4. The van der Waals surface area contributed by atoms with Crippen molar-refractivity contribution in [3.8, 4) is 0 Å². The van der Waals surface area contributed by atoms with Gasteiger partial charge in [0.25, 0.3) is 20.2 Å². The summed E-state index contributed by atoms with van der Waals surface area (Å²) in [7, 11) is -9.60. The van der Waals surface area contributed by atoms with Crippen molar-refractivity contribution in [2.75, 3.05) is 0 Å². The fraction of sp³-hybridized carbons (Fsp3) is 0.516. The van der Waals surface area contributed by atoms with Crippen molar-refractivity contribution in [1.82, 2.24) is 4.90 Å². The third-order valence-corrected chi connectivity index (χ3v) is 26.7. The van der Waals surface area contributed by atoms with Crippen LogP contribution in [0.15, 0.2) is 65.9 Å². The molecule has 364 valence electrons. The van der Waals surface area contributed by atoms with Gasteiger partial charge in [0.1, 0.15) is 0 Å². The Morgan fingerprint density at radius 1 is 0.549 bits per heavy atom. The largest absolute Gasteiger partial charge is 0.366 e. The Labute approximate surface area is 418 Å². The van der Waals surface area contributed by atoms with Crippen molar-refractivity contribution in [2.24, 2.45) is 23.7 Å². The van der Waals surface area contributed by atoms with E-state index < -0.39 is 24.3 Å². The van der Waals surface area contributed by atoms with E-state index in [9.17, 15) is 16.8 Å². The van der Waals surface area contributed by atoms with E-state index in [1.165, 1.54) is 88.2 Å². The average molecular weight is 982 g/mol. The molecule has 71 heavy (non-hydrogen) atoms. The summed E-state index contributed by atoms with van der Waals surface area (Å²) in [5.41, 5.74) is 31.9. The number of allylic oxidation sites excluding steroid dienone is 3. The zero-order valence-corrected chi connectivity index (χ0v) is 42.9. The van der Waals surface area contributed by atoms with E-state index in [1.54, 1.807) is 5.56 Å². The predicted molar refractivity (Wildman–Crippen MR) is 279 cm³/mol. The van der Waals surface area contributed by atoms with E-state index in [0.717, 1.165) is 59.8 Å². The van der Waals surface area contributed by atoms with Crippen molar-refractivity contribution >= 4 is 52.9 Å². The molecule has 0 amide bonds. The molecule has 2 aliphatic heterocycles. The lowest BCUT2D eigenvalue weighted by Crippen LogP contribution is -2.52. The lowest BCUT2D eigenvalue weighted by atomic mass is 9.56. The number of fused-ring (bicyclic) bond motifs is 6. The first kappa shape index (κ1) is 42.1. The molecule has 0 spiro atoms. The molecule has 0 radical (unpaired) electrons. The van der Waals surface area contributed by atoms with Gasteiger partial charge in [-0.1, -0.05) is 74.0 Å². The Balaban J connectivity index is 0.000000346. The highest BCUT2D eigenvalue weighted by Gasteiger charge is 2.67. The van der Waals surface area contributed by atoms with Crippen LogP contribution < -0.4 is 0 Å². The second-order valence-corrected chi connectivity index (χ2v) is 29.7. The minimum absolute atomic E-state index is 0.558. The minimum atomic E-state index is -4.80. The van der Waals surface area contributed by atoms with Crippen LogP contribution in [0.25, 0.3) is 32.7 Å². The van der Waals surface area contributed by atoms with Gasteiger partial charge in [0.2, 0.25) is 4.08 Å². The maximum atomic E-state index is 10.3. The number of piperidine rings is 1. The number of nitrogens with zero attached hydrogens (tertiary/aromatic N) is 1. The Bertz CT molecular complexity index is 3650. The monoisotopic (exact) mass is 981 g/mol. The molecule has 9 heteroatoms. The van der Waals surface area contributed by atoms with Crippen molar-refractivity contribution in [3.63, 3.8) is 0 Å². The van der Waals surface area contributed by atoms with Gasteiger partial charge >= 0.3 is 0 Å². The summed E-state index contributed by atoms with van der Waals surface area (Å²) in [4.78, 5) is 3.18. The fourth-order valence-electron chi connectivity index (χ4n) is 20.4. The second kappa shape index (κ2) is 13.3. The summed E-state index contributed by atoms with van der Waals surface area (Å²) in [5, 5.41) is 7.56. The van der Waals surface area contributed by atoms with Crippen LogP contribution in [0.1, 0.15) is 230 Å². The van der Waals surface area contributed by atoms with Gasteiger partial charge in [0.05, 0.1) is 0 Å². The number of hydrogen-bond donors (Lipinski definition) is 2. The standard InChI is InChI=1S/C59H55N.C3H8O6S2/c1-3-27(29-7-5-4-6-8-29)23-25(2)28-11-9-26(10-12-28)24-60-39-22-21-37-36-18-17-33-32-14-13-30-31-15-16-34-35-19-20-38(39)47-46(35)51-43(34)42(31)49-40(30)41(32)50-44(33)45(36)52-48(37)59(60)58(47)57-55(51)53(49)54(50)56(52)57;1-3(2,10(4,5)6)11(7,8)9/h4-12,25,27,30-39,57-58H,3,13-24H2,1-2H3;1-2H3,(H,4,5,6)(H,7,8,9). The molecule has 13 aliphatic rings. The maximum absolute atomic E-state index is 10.3. The SMILES string of the molecule is CC(C)(S(=O)(=O)O)S(=O)(=O)O.CCC(CC(C)c1ccc(CN2C3=C4c5c6c7c8c9c%10c%11c%12c%13c%14c%15c%11c8c5C%15C3C3=C%14C5CCC3C2CCC4C6CCC7C9CCC%10C%12CCC%135)cc1)c1ccccc1. The van der Waals surface area contributed by atoms with Gasteiger partial charge in [-0.25, -0.2) is 0 Å². The van der Waals surface area contributed by atoms with E-state index in [1.807, 2.05) is 99.6 Å². The molecule has 0 saturated carbocycles. The Hall–Kier alpha value is -4.28. The molecule has 14 unspecified atom stereocenters. The molecule has 0 aromatic heterocycles. The van der Waals surface area contributed by atoms with Crippen LogP contribution >= 0.6 is 0 Å². The molecule has 2 heterocycles. The molecule has 18 rings (SSSR count). The minimum Gasteiger partial charge on any atom is -0.366 e. The molecular weight excluding hydrogens is 919 g/mol. The van der Waals surface area contributed by atoms with Crippen molar-refractivity contribution < 1.29 is 25.9 Å². The Morgan fingerprint density at radius 3 is 1.56 bits per heavy atom. The molecule has 7 nitrogen and oxygen atoms in total. The van der Waals surface area contributed by atoms with Gasteiger partial charge in [-0.15, -0.1) is 0 Å². The predicted octanol–water partition coefficient (Wildman–Crippen LogP) is 14.0. The van der Waals surface area contributed by atoms with E-state index in [-0.39, 0.29) is 0 Å². The first-order valence-electron chi connectivity index (χ1n) is 27.7. The van der Waals surface area contributed by atoms with Gasteiger partial charge in [-0.3, -0.25) is 9.11 Å². The van der Waals surface area contributed by atoms with Crippen LogP contribution in [0.3, 0.4) is 0 Å². The molecule has 1 saturated heterocycles. The van der Waals surface area contributed by atoms with Crippen LogP contribution in [0.4, 0.5) is 0 Å². The summed E-state index contributed by atoms with van der Waals surface area (Å²) < 4.78 is 55.3. The summed E-state index contributed by atoms with van der Waals surface area (Å²) in [6.07, 6.45) is 16.9. The lowest BCUT2D eigenvalue weighted by molar-refractivity contribution is 0.114. The van der Waals surface area contributed by atoms with Gasteiger partial charge in [0.15, 0.2) is 0 Å². The molecule has 11 aliphatic carbocycles. The van der Waals surface area contributed by atoms with E-state index in [2.05, 4.69) is 73.3 Å². The third kappa shape index (κ3) is 4.68. The maximum Gasteiger partial charge on any atom is 0.287 e. The van der Waals surface area contributed by atoms with Crippen LogP contribution in [0.5, 0.6) is 0 Å². The van der Waals surface area contributed by atoms with E-state index in [0.29, 0.717) is 43.6 Å². The highest BCUT2D eigenvalue weighted by molar-refractivity contribution is 8.05. The summed E-state index contributed by atoms with van der Waals surface area (Å²) in [6.45, 7) is 7.32. The van der Waals surface area contributed by atoms with Gasteiger partial charge in [0, 0.05) is 36.0 Å². The second-order valence-electron chi connectivity index (χ2n) is 25.5. The lowest BCUT2D eigenvalue weighted by Gasteiger charge is -2.57. The first-order valence-corrected chi connectivity index (χ1v) is 30.6. The van der Waals surface area contributed by atoms with Crippen molar-refractivity contribution in [1.29, 1.82) is 0 Å². The summed E-state index contributed by atoms with van der Waals surface area (Å²) in [5.74, 6) is 9.46. The summed E-state index contributed by atoms with van der Waals surface area (Å²) >= 11 is 0. The quantitative estimate of drug-likeness (QED) is 0.112. The zero-order chi connectivity index (χ0) is 47.8. The first-order chi connectivity index (χ1) is 34.2. The van der Waals surface area contributed by atoms with Crippen LogP contribution in [0, 0.1) is 23.7 Å². The number of hydrogen-bond acceptors (Lipinski definition) is 5. The molecular formula is C62H63NO6S2. The van der Waals surface area contributed by atoms with Gasteiger partial charge in [-0.2, -0.15) is 16.8 Å². The van der Waals surface area contributed by atoms with Crippen molar-refractivity contribution in [3.05, 3.63) is 138 Å². The van der Waals surface area contributed by atoms with Crippen molar-refractivity contribution in [2.45, 2.75) is 175 Å². The molecule has 14 atom stereocenters. The van der Waals surface area contributed by atoms with E-state index in [4.69, 9.17) is 9.11 Å². The highest BCUT2D eigenvalue weighted by atomic mass is 32.3. The molecule has 2 N–H and O–H groups in total. The zero-order valence-electron chi connectivity index (χ0n) is 41.3. The van der Waals surface area contributed by atoms with Crippen LogP contribution in [-0.4, -0.2) is 41.0 Å².